The highest BCUT2D eigenvalue weighted by atomic mass is 35.5. The number of sulfonamides is 1. The van der Waals surface area contributed by atoms with E-state index in [1.54, 1.807) is 60.7 Å². The minimum atomic E-state index is -4.12. The van der Waals surface area contributed by atoms with Crippen molar-refractivity contribution in [3.63, 3.8) is 0 Å². The van der Waals surface area contributed by atoms with Crippen LogP contribution in [0.3, 0.4) is 0 Å². The predicted octanol–water partition coefficient (Wildman–Crippen LogP) is 6.18. The number of nitrogens with one attached hydrogen (secondary N) is 1. The summed E-state index contributed by atoms with van der Waals surface area (Å²) in [4.78, 5) is 29.1. The third-order valence-corrected chi connectivity index (χ3v) is 9.08. The molecule has 0 spiro atoms. The van der Waals surface area contributed by atoms with Crippen molar-refractivity contribution in [3.8, 4) is 0 Å². The summed E-state index contributed by atoms with van der Waals surface area (Å²) < 4.78 is 29.2. The molecule has 9 heteroatoms. The van der Waals surface area contributed by atoms with Crippen molar-refractivity contribution >= 4 is 39.1 Å². The SMILES string of the molecule is CCC(C)NC(=O)C(CC)N(Cc1ccc(Cl)cc1)C(=O)CN(c1cc(C)cc(C)c1)S(=O)(=O)c1ccc(C)cc1. The molecule has 0 saturated heterocycles. The van der Waals surface area contributed by atoms with Crippen molar-refractivity contribution in [2.75, 3.05) is 10.8 Å². The molecule has 0 radical (unpaired) electrons. The number of nitrogens with zero attached hydrogens (tertiary/aromatic N) is 2. The molecule has 0 aliphatic carbocycles. The van der Waals surface area contributed by atoms with Gasteiger partial charge in [0.2, 0.25) is 11.8 Å². The number of anilines is 1. The van der Waals surface area contributed by atoms with E-state index in [9.17, 15) is 18.0 Å². The lowest BCUT2D eigenvalue weighted by molar-refractivity contribution is -0.140. The van der Waals surface area contributed by atoms with Gasteiger partial charge in [0.15, 0.2) is 0 Å². The van der Waals surface area contributed by atoms with Crippen LogP contribution in [0.2, 0.25) is 5.02 Å². The minimum absolute atomic E-state index is 0.0716. The van der Waals surface area contributed by atoms with Crippen LogP contribution in [0.25, 0.3) is 0 Å². The van der Waals surface area contributed by atoms with E-state index in [4.69, 9.17) is 11.6 Å². The highest BCUT2D eigenvalue weighted by Gasteiger charge is 2.34. The van der Waals surface area contributed by atoms with Gasteiger partial charge in [-0.25, -0.2) is 8.42 Å². The molecular formula is C32H40ClN3O4S. The largest absolute Gasteiger partial charge is 0.352 e. The van der Waals surface area contributed by atoms with Crippen molar-refractivity contribution in [1.82, 2.24) is 10.2 Å². The fourth-order valence-electron chi connectivity index (χ4n) is 4.61. The molecule has 0 fully saturated rings. The summed E-state index contributed by atoms with van der Waals surface area (Å²) >= 11 is 6.09. The van der Waals surface area contributed by atoms with E-state index in [1.807, 2.05) is 47.6 Å². The third-order valence-electron chi connectivity index (χ3n) is 7.04. The zero-order chi connectivity index (χ0) is 30.3. The average molecular weight is 598 g/mol. The zero-order valence-electron chi connectivity index (χ0n) is 24.6. The lowest BCUT2D eigenvalue weighted by atomic mass is 10.1. The van der Waals surface area contributed by atoms with Crippen LogP contribution in [0.1, 0.15) is 55.9 Å². The van der Waals surface area contributed by atoms with Gasteiger partial charge in [0.25, 0.3) is 10.0 Å². The second kappa shape index (κ2) is 14.0. The summed E-state index contributed by atoms with van der Waals surface area (Å²) in [6.45, 7) is 11.0. The van der Waals surface area contributed by atoms with Gasteiger partial charge in [-0.15, -0.1) is 0 Å². The summed E-state index contributed by atoms with van der Waals surface area (Å²) in [6, 6.07) is 18.2. The normalized spacial score (nSPS) is 12.9. The molecule has 2 atom stereocenters. The van der Waals surface area contributed by atoms with E-state index in [0.717, 1.165) is 33.0 Å². The number of aryl methyl sites for hydroxylation is 3. The van der Waals surface area contributed by atoms with Crippen molar-refractivity contribution in [2.45, 2.75) is 77.9 Å². The first-order chi connectivity index (χ1) is 19.3. The maximum absolute atomic E-state index is 14.2. The third kappa shape index (κ3) is 8.33. The molecule has 3 rings (SSSR count). The maximum atomic E-state index is 14.2. The second-order valence-corrected chi connectivity index (χ2v) is 12.9. The first-order valence-corrected chi connectivity index (χ1v) is 15.7. The number of benzene rings is 3. The van der Waals surface area contributed by atoms with Gasteiger partial charge >= 0.3 is 0 Å². The summed E-state index contributed by atoms with van der Waals surface area (Å²) in [7, 11) is -4.12. The molecule has 0 saturated carbocycles. The summed E-state index contributed by atoms with van der Waals surface area (Å²) in [5.41, 5.74) is 3.82. The van der Waals surface area contributed by atoms with Gasteiger partial charge in [0.1, 0.15) is 12.6 Å². The average Bonchev–Trinajstić information content (AvgIpc) is 2.92. The Morgan fingerprint density at radius 3 is 1.98 bits per heavy atom. The molecule has 41 heavy (non-hydrogen) atoms. The molecule has 0 aromatic heterocycles. The van der Waals surface area contributed by atoms with Gasteiger partial charge in [-0.2, -0.15) is 0 Å². The number of rotatable bonds is 12. The number of carbonyl (C=O) groups excluding carboxylic acids is 2. The van der Waals surface area contributed by atoms with Crippen LogP contribution in [0.5, 0.6) is 0 Å². The topological polar surface area (TPSA) is 86.8 Å². The Kier molecular flexibility index (Phi) is 11.0. The van der Waals surface area contributed by atoms with Gasteiger partial charge in [0.05, 0.1) is 10.6 Å². The van der Waals surface area contributed by atoms with Crippen LogP contribution in [-0.4, -0.2) is 43.8 Å². The number of amides is 2. The first kappa shape index (κ1) is 32.2. The lowest BCUT2D eigenvalue weighted by Gasteiger charge is -2.34. The summed E-state index contributed by atoms with van der Waals surface area (Å²) in [5, 5.41) is 3.54. The maximum Gasteiger partial charge on any atom is 0.264 e. The highest BCUT2D eigenvalue weighted by Crippen LogP contribution is 2.27. The van der Waals surface area contributed by atoms with Crippen LogP contribution >= 0.6 is 11.6 Å². The molecule has 7 nitrogen and oxygen atoms in total. The number of hydrogen-bond donors (Lipinski definition) is 1. The Hall–Kier alpha value is -3.36. The van der Waals surface area contributed by atoms with Crippen LogP contribution in [0.15, 0.2) is 71.6 Å². The van der Waals surface area contributed by atoms with E-state index >= 15 is 0 Å². The Morgan fingerprint density at radius 1 is 0.854 bits per heavy atom. The van der Waals surface area contributed by atoms with Crippen LogP contribution in [0, 0.1) is 20.8 Å². The van der Waals surface area contributed by atoms with Gasteiger partial charge in [-0.3, -0.25) is 13.9 Å². The zero-order valence-corrected chi connectivity index (χ0v) is 26.2. The number of halogens is 1. The van der Waals surface area contributed by atoms with E-state index in [2.05, 4.69) is 5.32 Å². The highest BCUT2D eigenvalue weighted by molar-refractivity contribution is 7.92. The monoisotopic (exact) mass is 597 g/mol. The molecule has 0 aliphatic heterocycles. The van der Waals surface area contributed by atoms with Gasteiger partial charge in [-0.1, -0.05) is 61.3 Å². The van der Waals surface area contributed by atoms with Gasteiger partial charge in [-0.05, 0) is 93.6 Å². The second-order valence-electron chi connectivity index (χ2n) is 10.6. The van der Waals surface area contributed by atoms with Crippen molar-refractivity contribution in [1.29, 1.82) is 0 Å². The molecule has 0 heterocycles. The number of carbonyl (C=O) groups is 2. The molecule has 3 aromatic carbocycles. The van der Waals surface area contributed by atoms with Crippen LogP contribution in [-0.2, 0) is 26.2 Å². The smallest absolute Gasteiger partial charge is 0.264 e. The molecule has 2 amide bonds. The molecule has 3 aromatic rings. The van der Waals surface area contributed by atoms with E-state index in [1.165, 1.54) is 4.90 Å². The fraction of sp³-hybridized carbons (Fsp3) is 0.375. The van der Waals surface area contributed by atoms with Crippen LogP contribution in [0.4, 0.5) is 5.69 Å². The molecule has 0 aliphatic rings. The van der Waals surface area contributed by atoms with Crippen molar-refractivity contribution in [2.24, 2.45) is 0 Å². The minimum Gasteiger partial charge on any atom is -0.352 e. The van der Waals surface area contributed by atoms with Crippen molar-refractivity contribution in [3.05, 3.63) is 94.0 Å². The Labute approximate surface area is 249 Å². The fourth-order valence-corrected chi connectivity index (χ4v) is 6.13. The molecule has 0 bridgehead atoms. The molecular weight excluding hydrogens is 558 g/mol. The van der Waals surface area contributed by atoms with E-state index in [-0.39, 0.29) is 23.4 Å². The van der Waals surface area contributed by atoms with E-state index in [0.29, 0.717) is 17.1 Å². The van der Waals surface area contributed by atoms with Gasteiger partial charge in [0, 0.05) is 17.6 Å². The Balaban J connectivity index is 2.09. The number of hydrogen-bond acceptors (Lipinski definition) is 4. The van der Waals surface area contributed by atoms with Gasteiger partial charge < -0.3 is 10.2 Å². The predicted molar refractivity (Wildman–Crippen MR) is 166 cm³/mol. The molecule has 220 valence electrons. The van der Waals surface area contributed by atoms with Crippen molar-refractivity contribution < 1.29 is 18.0 Å². The Bertz CT molecular complexity index is 1440. The summed E-state index contributed by atoms with van der Waals surface area (Å²) in [5.74, 6) is -0.760. The lowest BCUT2D eigenvalue weighted by Crippen LogP contribution is -2.53. The standard InChI is InChI=1S/C32H40ClN3O4S/c1-7-25(6)34-32(38)30(8-2)35(20-26-11-13-27(33)14-12-26)31(37)21-36(28-18-23(4)17-24(5)19-28)41(39,40)29-15-9-22(3)10-16-29/h9-19,25,30H,7-8,20-21H2,1-6H3,(H,34,38). The van der Waals surface area contributed by atoms with E-state index < -0.39 is 28.5 Å². The first-order valence-electron chi connectivity index (χ1n) is 13.9. The molecule has 1 N–H and O–H groups in total. The molecule has 2 unspecified atom stereocenters. The summed E-state index contributed by atoms with van der Waals surface area (Å²) in [6.07, 6.45) is 1.10. The Morgan fingerprint density at radius 2 is 1.44 bits per heavy atom. The quantitative estimate of drug-likeness (QED) is 0.270. The van der Waals surface area contributed by atoms with Crippen LogP contribution < -0.4 is 9.62 Å².